The smallest absolute Gasteiger partial charge is 0.408 e. The van der Waals surface area contributed by atoms with E-state index in [4.69, 9.17) is 34.1 Å². The van der Waals surface area contributed by atoms with E-state index in [1.165, 1.54) is 11.3 Å². The van der Waals surface area contributed by atoms with Crippen LogP contribution in [0.15, 0.2) is 36.2 Å². The average molecular weight is 886 g/mol. The van der Waals surface area contributed by atoms with Gasteiger partial charge in [-0.15, -0.1) is 17.9 Å². The van der Waals surface area contributed by atoms with Gasteiger partial charge in [0.1, 0.15) is 46.0 Å². The van der Waals surface area contributed by atoms with Gasteiger partial charge in [-0.3, -0.25) is 14.4 Å². The SMILES string of the molecule is C=CCCCCC[C@H](NC(=O)OC(C)(C)C)C(=O)N1C[C@H](Oc2cc(-c3nc(C(C)C)cs3)nc3c(C)c(OC)ccc23)CC1C(=O)NC1CC1.CC.CC.CC.CC.O=CO. The first kappa shape index (κ1) is 57.3. The Hall–Kier alpha value is -4.72. The first-order valence-corrected chi connectivity index (χ1v) is 23.5. The van der Waals surface area contributed by atoms with Gasteiger partial charge in [-0.25, -0.2) is 14.8 Å². The molecule has 1 aliphatic heterocycles. The highest BCUT2D eigenvalue weighted by Gasteiger charge is 2.44. The van der Waals surface area contributed by atoms with Crippen LogP contribution in [0.2, 0.25) is 0 Å². The maximum atomic E-state index is 14.4. The first-order chi connectivity index (χ1) is 29.7. The summed E-state index contributed by atoms with van der Waals surface area (Å²) in [6, 6.07) is 4.22. The van der Waals surface area contributed by atoms with Crippen LogP contribution in [0.5, 0.6) is 11.5 Å². The number of hydrogen-bond acceptors (Lipinski definition) is 10. The van der Waals surface area contributed by atoms with Crippen molar-refractivity contribution in [1.82, 2.24) is 25.5 Å². The van der Waals surface area contributed by atoms with Gasteiger partial charge in [0.15, 0.2) is 0 Å². The number of nitrogens with zero attached hydrogens (tertiary/aromatic N) is 3. The molecule has 350 valence electrons. The molecule has 1 unspecified atom stereocenters. The molecule has 5 rings (SSSR count). The molecule has 3 aromatic rings. The Labute approximate surface area is 376 Å². The van der Waals surface area contributed by atoms with Crippen molar-refractivity contribution in [3.63, 3.8) is 0 Å². The zero-order valence-electron chi connectivity index (χ0n) is 40.5. The summed E-state index contributed by atoms with van der Waals surface area (Å²) in [7, 11) is 1.63. The van der Waals surface area contributed by atoms with Crippen molar-refractivity contribution >= 4 is 46.6 Å². The summed E-state index contributed by atoms with van der Waals surface area (Å²) in [5, 5.41) is 16.4. The number of thiazole rings is 1. The van der Waals surface area contributed by atoms with E-state index in [0.29, 0.717) is 30.0 Å². The molecule has 2 aliphatic rings. The number of ether oxygens (including phenoxy) is 3. The molecule has 2 aromatic heterocycles. The summed E-state index contributed by atoms with van der Waals surface area (Å²) >= 11 is 1.53. The third kappa shape index (κ3) is 18.3. The number of alkyl carbamates (subject to hydrolysis) is 1. The van der Waals surface area contributed by atoms with Gasteiger partial charge in [0, 0.05) is 34.9 Å². The van der Waals surface area contributed by atoms with Crippen LogP contribution in [-0.4, -0.2) is 87.8 Å². The largest absolute Gasteiger partial charge is 0.496 e. The molecule has 14 heteroatoms. The minimum absolute atomic E-state index is 0.119. The Morgan fingerprint density at radius 2 is 1.63 bits per heavy atom. The van der Waals surface area contributed by atoms with E-state index in [1.54, 1.807) is 32.8 Å². The van der Waals surface area contributed by atoms with Crippen molar-refractivity contribution in [3.05, 3.63) is 47.5 Å². The molecule has 0 spiro atoms. The van der Waals surface area contributed by atoms with Crippen molar-refractivity contribution in [3.8, 4) is 22.2 Å². The lowest BCUT2D eigenvalue weighted by Gasteiger charge is -2.29. The van der Waals surface area contributed by atoms with Gasteiger partial charge in [-0.2, -0.15) is 0 Å². The number of hydrogen-bond donors (Lipinski definition) is 3. The maximum Gasteiger partial charge on any atom is 0.408 e. The van der Waals surface area contributed by atoms with Crippen molar-refractivity contribution in [2.24, 2.45) is 0 Å². The van der Waals surface area contributed by atoms with Gasteiger partial charge in [-0.1, -0.05) is 88.2 Å². The zero-order chi connectivity index (χ0) is 47.6. The second-order valence-electron chi connectivity index (χ2n) is 15.0. The number of methoxy groups -OCH3 is 1. The Morgan fingerprint density at radius 3 is 2.16 bits per heavy atom. The number of aryl methyl sites for hydroxylation is 1. The number of carboxylic acid groups (broad SMARTS) is 1. The summed E-state index contributed by atoms with van der Waals surface area (Å²) in [6.07, 6.45) is 6.69. The third-order valence-corrected chi connectivity index (χ3v) is 10.0. The Balaban J connectivity index is 0.00000311. The molecule has 3 heterocycles. The summed E-state index contributed by atoms with van der Waals surface area (Å²) in [4.78, 5) is 60.8. The van der Waals surface area contributed by atoms with E-state index in [9.17, 15) is 14.4 Å². The topological polar surface area (TPSA) is 169 Å². The van der Waals surface area contributed by atoms with Crippen LogP contribution in [0.25, 0.3) is 21.6 Å². The van der Waals surface area contributed by atoms with Crippen LogP contribution in [0.1, 0.15) is 159 Å². The van der Waals surface area contributed by atoms with Crippen LogP contribution >= 0.6 is 11.3 Å². The summed E-state index contributed by atoms with van der Waals surface area (Å²) in [6.45, 7) is 31.2. The number of allylic oxidation sites excluding steroid dienone is 1. The number of aromatic nitrogens is 2. The fourth-order valence-corrected chi connectivity index (χ4v) is 7.22. The molecule has 2 fully saturated rings. The number of carbonyl (C=O) groups is 4. The van der Waals surface area contributed by atoms with Crippen LogP contribution in [0, 0.1) is 6.92 Å². The lowest BCUT2D eigenvalue weighted by molar-refractivity contribution is -0.140. The van der Waals surface area contributed by atoms with E-state index >= 15 is 0 Å². The summed E-state index contributed by atoms with van der Waals surface area (Å²) in [5.74, 6) is 1.05. The fourth-order valence-electron chi connectivity index (χ4n) is 6.28. The van der Waals surface area contributed by atoms with Crippen LogP contribution in [-0.2, 0) is 19.1 Å². The average Bonchev–Trinajstić information content (AvgIpc) is 3.74. The molecular formula is C48H79N5O8S. The maximum absolute atomic E-state index is 14.4. The van der Waals surface area contributed by atoms with Crippen molar-refractivity contribution < 1.29 is 38.5 Å². The number of nitrogens with one attached hydrogen (secondary N) is 2. The summed E-state index contributed by atoms with van der Waals surface area (Å²) in [5.41, 5.74) is 2.54. The fraction of sp³-hybridized carbons (Fsp3) is 0.625. The number of amides is 3. The Bertz CT molecular complexity index is 1790. The lowest BCUT2D eigenvalue weighted by Crippen LogP contribution is -2.54. The number of rotatable bonds is 15. The standard InChI is InChI=1S/C39H53N5O6S.4C2H6.CH2O2/c1-9-10-11-12-13-14-28(43-38(47)50-39(5,6)7)37(46)44-21-26(19-31(44)35(45)40-25-15-16-25)49-33-20-29(36-42-30(22-51-36)23(2)3)41-34-24(4)32(48-8)18-17-27(33)34;4*1-2;2-1-3/h9,17-18,20,22-23,25-26,28,31H,1,10-16,19,21H2,2-8H3,(H,40,45)(H,43,47);4*1-2H3;1H,(H,2,3)/t26-,28+,31?;;;;;/m1...../s1. The molecule has 1 aliphatic carbocycles. The molecule has 1 aromatic carbocycles. The second-order valence-corrected chi connectivity index (χ2v) is 15.9. The molecular weight excluding hydrogens is 807 g/mol. The van der Waals surface area contributed by atoms with Gasteiger partial charge < -0.3 is 34.9 Å². The Morgan fingerprint density at radius 1 is 1.00 bits per heavy atom. The molecule has 13 nitrogen and oxygen atoms in total. The van der Waals surface area contributed by atoms with E-state index in [2.05, 4.69) is 36.4 Å². The molecule has 3 N–H and O–H groups in total. The minimum Gasteiger partial charge on any atom is -0.496 e. The van der Waals surface area contributed by atoms with Crippen molar-refractivity contribution in [2.75, 3.05) is 13.7 Å². The number of likely N-dealkylation sites (tertiary alicyclic amines) is 1. The predicted octanol–water partition coefficient (Wildman–Crippen LogP) is 11.3. The molecule has 3 amide bonds. The van der Waals surface area contributed by atoms with E-state index in [0.717, 1.165) is 65.7 Å². The van der Waals surface area contributed by atoms with Crippen LogP contribution in [0.3, 0.4) is 0 Å². The van der Waals surface area contributed by atoms with Gasteiger partial charge in [0.25, 0.3) is 6.47 Å². The van der Waals surface area contributed by atoms with Crippen LogP contribution in [0.4, 0.5) is 4.79 Å². The van der Waals surface area contributed by atoms with Crippen molar-refractivity contribution in [1.29, 1.82) is 0 Å². The Kier molecular flexibility index (Phi) is 28.0. The quantitative estimate of drug-likeness (QED) is 0.0758. The molecule has 62 heavy (non-hydrogen) atoms. The molecule has 0 radical (unpaired) electrons. The molecule has 3 atom stereocenters. The molecule has 1 saturated heterocycles. The molecule has 0 bridgehead atoms. The van der Waals surface area contributed by atoms with Gasteiger partial charge >= 0.3 is 6.09 Å². The zero-order valence-corrected chi connectivity index (χ0v) is 41.3. The number of carbonyl (C=O) groups excluding carboxylic acids is 3. The van der Waals surface area contributed by atoms with E-state index < -0.39 is 29.9 Å². The van der Waals surface area contributed by atoms with Gasteiger partial charge in [0.05, 0.1) is 24.9 Å². The van der Waals surface area contributed by atoms with Crippen molar-refractivity contribution in [2.45, 2.75) is 184 Å². The monoisotopic (exact) mass is 886 g/mol. The van der Waals surface area contributed by atoms with Crippen LogP contribution < -0.4 is 20.1 Å². The first-order valence-electron chi connectivity index (χ1n) is 22.6. The highest BCUT2D eigenvalue weighted by Crippen LogP contribution is 2.38. The molecule has 1 saturated carbocycles. The number of pyridine rings is 1. The third-order valence-electron chi connectivity index (χ3n) is 9.16. The number of benzene rings is 1. The summed E-state index contributed by atoms with van der Waals surface area (Å²) < 4.78 is 17.9. The van der Waals surface area contributed by atoms with E-state index in [1.807, 2.05) is 86.6 Å². The lowest BCUT2D eigenvalue weighted by atomic mass is 10.1. The predicted molar refractivity (Wildman–Crippen MR) is 254 cm³/mol. The normalized spacial score (nSPS) is 15.5. The number of unbranched alkanes of at least 4 members (excludes halogenated alkanes) is 3. The number of fused-ring (bicyclic) bond motifs is 1. The minimum atomic E-state index is -0.859. The highest BCUT2D eigenvalue weighted by atomic mass is 32.1. The second kappa shape index (κ2) is 30.3. The van der Waals surface area contributed by atoms with Gasteiger partial charge in [0.2, 0.25) is 11.8 Å². The highest BCUT2D eigenvalue weighted by molar-refractivity contribution is 7.13. The van der Waals surface area contributed by atoms with E-state index in [-0.39, 0.29) is 36.8 Å². The van der Waals surface area contributed by atoms with Gasteiger partial charge in [-0.05, 0) is 77.8 Å².